The number of nitrogens with one attached hydrogen (secondary N) is 1. The van der Waals surface area contributed by atoms with Gasteiger partial charge in [-0.15, -0.1) is 0 Å². The number of fused-ring (bicyclic) bond motifs is 1. The Morgan fingerprint density at radius 1 is 1.10 bits per heavy atom. The van der Waals surface area contributed by atoms with Gasteiger partial charge >= 0.3 is 0 Å². The molecule has 0 bridgehead atoms. The second-order valence-corrected chi connectivity index (χ2v) is 5.06. The van der Waals surface area contributed by atoms with Crippen LogP contribution in [0, 0.1) is 0 Å². The summed E-state index contributed by atoms with van der Waals surface area (Å²) >= 11 is 0. The molecular weight excluding hydrogens is 268 g/mol. The minimum Gasteiger partial charge on any atom is -0.380 e. The van der Waals surface area contributed by atoms with E-state index >= 15 is 0 Å². The molecule has 0 radical (unpaired) electrons. The van der Waals surface area contributed by atoms with Crippen molar-refractivity contribution in [3.05, 3.63) is 46.8 Å². The lowest BCUT2D eigenvalue weighted by atomic mass is 9.89. The number of nitrogens with zero attached hydrogens (tertiary/aromatic N) is 1. The summed E-state index contributed by atoms with van der Waals surface area (Å²) in [6.07, 6.45) is 0. The number of Topliss-reactive ketones (excluding diaryl/α,β-unsaturated/α-hetero) is 2. The third-order valence-electron chi connectivity index (χ3n) is 3.78. The predicted octanol–water partition coefficient (Wildman–Crippen LogP) is 1.22. The SMILES string of the molecule is CCNC1=C(N2CCOCC2)C(=O)c2ccccc2C1=O. The number of morpholine rings is 1. The fourth-order valence-corrected chi connectivity index (χ4v) is 2.79. The van der Waals surface area contributed by atoms with Gasteiger partial charge in [-0.3, -0.25) is 9.59 Å². The highest BCUT2D eigenvalue weighted by molar-refractivity contribution is 6.26. The smallest absolute Gasteiger partial charge is 0.212 e. The minimum absolute atomic E-state index is 0.0805. The summed E-state index contributed by atoms with van der Waals surface area (Å²) in [4.78, 5) is 27.4. The first-order valence-electron chi connectivity index (χ1n) is 7.23. The van der Waals surface area contributed by atoms with Crippen LogP contribution in [-0.2, 0) is 4.74 Å². The minimum atomic E-state index is -0.103. The van der Waals surface area contributed by atoms with Crippen LogP contribution in [0.5, 0.6) is 0 Å². The van der Waals surface area contributed by atoms with E-state index in [1.807, 2.05) is 11.8 Å². The Labute approximate surface area is 123 Å². The number of carbonyl (C=O) groups is 2. The highest BCUT2D eigenvalue weighted by Gasteiger charge is 2.35. The number of hydrogen-bond donors (Lipinski definition) is 1. The monoisotopic (exact) mass is 286 g/mol. The van der Waals surface area contributed by atoms with Gasteiger partial charge in [0.2, 0.25) is 11.6 Å². The van der Waals surface area contributed by atoms with Crippen LogP contribution in [0.25, 0.3) is 0 Å². The zero-order chi connectivity index (χ0) is 14.8. The van der Waals surface area contributed by atoms with Crippen molar-refractivity contribution in [1.82, 2.24) is 10.2 Å². The van der Waals surface area contributed by atoms with Gasteiger partial charge in [0.05, 0.1) is 13.2 Å². The molecule has 1 aromatic carbocycles. The second-order valence-electron chi connectivity index (χ2n) is 5.06. The lowest BCUT2D eigenvalue weighted by molar-refractivity contribution is 0.0492. The zero-order valence-corrected chi connectivity index (χ0v) is 12.0. The number of benzene rings is 1. The Morgan fingerprint density at radius 3 is 2.33 bits per heavy atom. The van der Waals surface area contributed by atoms with Crippen molar-refractivity contribution >= 4 is 11.6 Å². The molecule has 1 aliphatic heterocycles. The molecule has 21 heavy (non-hydrogen) atoms. The summed E-state index contributed by atoms with van der Waals surface area (Å²) < 4.78 is 5.34. The van der Waals surface area contributed by atoms with Gasteiger partial charge in [0, 0.05) is 30.8 Å². The zero-order valence-electron chi connectivity index (χ0n) is 12.0. The quantitative estimate of drug-likeness (QED) is 0.905. The maximum atomic E-state index is 12.8. The number of hydrogen-bond acceptors (Lipinski definition) is 5. The first-order valence-corrected chi connectivity index (χ1v) is 7.23. The highest BCUT2D eigenvalue weighted by Crippen LogP contribution is 2.27. The second kappa shape index (κ2) is 5.69. The highest BCUT2D eigenvalue weighted by atomic mass is 16.5. The van der Waals surface area contributed by atoms with Crippen molar-refractivity contribution < 1.29 is 14.3 Å². The van der Waals surface area contributed by atoms with Crippen molar-refractivity contribution in [1.29, 1.82) is 0 Å². The lowest BCUT2D eigenvalue weighted by Crippen LogP contribution is -2.43. The van der Waals surface area contributed by atoms with E-state index in [4.69, 9.17) is 4.74 Å². The number of ether oxygens (including phenoxy) is 1. The maximum Gasteiger partial charge on any atom is 0.212 e. The van der Waals surface area contributed by atoms with Gasteiger partial charge < -0.3 is 15.0 Å². The standard InChI is InChI=1S/C16H18N2O3/c1-2-17-13-14(18-7-9-21-10-8-18)16(20)12-6-4-3-5-11(12)15(13)19/h3-6,17H,2,7-10H2,1H3. The van der Waals surface area contributed by atoms with Crippen LogP contribution in [0.3, 0.4) is 0 Å². The van der Waals surface area contributed by atoms with Crippen molar-refractivity contribution in [3.63, 3.8) is 0 Å². The molecule has 0 saturated carbocycles. The van der Waals surface area contributed by atoms with Crippen molar-refractivity contribution in [2.75, 3.05) is 32.8 Å². The molecule has 5 heteroatoms. The van der Waals surface area contributed by atoms with Gasteiger partial charge in [0.25, 0.3) is 0 Å². The summed E-state index contributed by atoms with van der Waals surface area (Å²) in [5.74, 6) is -0.184. The van der Waals surface area contributed by atoms with Gasteiger partial charge in [0.1, 0.15) is 11.4 Å². The molecule has 1 heterocycles. The topological polar surface area (TPSA) is 58.6 Å². The van der Waals surface area contributed by atoms with E-state index in [0.717, 1.165) is 0 Å². The molecule has 1 N–H and O–H groups in total. The molecule has 5 nitrogen and oxygen atoms in total. The molecule has 2 aliphatic rings. The first kappa shape index (κ1) is 13.8. The molecule has 0 aromatic heterocycles. The molecule has 0 amide bonds. The summed E-state index contributed by atoms with van der Waals surface area (Å²) in [6.45, 7) is 4.93. The number of ketones is 2. The molecule has 0 unspecified atom stereocenters. The molecule has 1 fully saturated rings. The van der Waals surface area contributed by atoms with E-state index in [1.54, 1.807) is 24.3 Å². The number of likely N-dealkylation sites (N-methyl/N-ethyl adjacent to an activating group) is 1. The molecular formula is C16H18N2O3. The first-order chi connectivity index (χ1) is 10.2. The summed E-state index contributed by atoms with van der Waals surface area (Å²) in [5, 5.41) is 3.08. The maximum absolute atomic E-state index is 12.8. The van der Waals surface area contributed by atoms with Crippen LogP contribution in [0.15, 0.2) is 35.7 Å². The van der Waals surface area contributed by atoms with Gasteiger partial charge in [-0.2, -0.15) is 0 Å². The van der Waals surface area contributed by atoms with E-state index in [9.17, 15) is 9.59 Å². The lowest BCUT2D eigenvalue weighted by Gasteiger charge is -2.34. The van der Waals surface area contributed by atoms with Gasteiger partial charge in [-0.05, 0) is 6.92 Å². The molecule has 1 saturated heterocycles. The van der Waals surface area contributed by atoms with Crippen LogP contribution in [0.4, 0.5) is 0 Å². The third kappa shape index (κ3) is 2.34. The number of carbonyl (C=O) groups excluding carboxylic acids is 2. The van der Waals surface area contributed by atoms with Crippen LogP contribution >= 0.6 is 0 Å². The summed E-state index contributed by atoms with van der Waals surface area (Å²) in [5.41, 5.74) is 1.88. The summed E-state index contributed by atoms with van der Waals surface area (Å²) in [6, 6.07) is 7.01. The fourth-order valence-electron chi connectivity index (χ4n) is 2.79. The van der Waals surface area contributed by atoms with E-state index in [2.05, 4.69) is 5.32 Å². The van der Waals surface area contributed by atoms with Crippen LogP contribution < -0.4 is 5.32 Å². The Hall–Kier alpha value is -2.14. The number of rotatable bonds is 3. The normalized spacial score (nSPS) is 18.8. The average molecular weight is 286 g/mol. The number of allylic oxidation sites excluding steroid dienone is 2. The van der Waals surface area contributed by atoms with Crippen LogP contribution in [0.1, 0.15) is 27.6 Å². The average Bonchev–Trinajstić information content (AvgIpc) is 2.54. The van der Waals surface area contributed by atoms with Crippen LogP contribution in [-0.4, -0.2) is 49.3 Å². The van der Waals surface area contributed by atoms with Gasteiger partial charge in [-0.1, -0.05) is 24.3 Å². The Balaban J connectivity index is 2.09. The van der Waals surface area contributed by atoms with E-state index in [1.165, 1.54) is 0 Å². The molecule has 3 rings (SSSR count). The molecule has 0 atom stereocenters. The summed E-state index contributed by atoms with van der Waals surface area (Å²) in [7, 11) is 0. The molecule has 0 spiro atoms. The molecule has 1 aliphatic carbocycles. The van der Waals surface area contributed by atoms with E-state index < -0.39 is 0 Å². The predicted molar refractivity (Wildman–Crippen MR) is 78.2 cm³/mol. The van der Waals surface area contributed by atoms with Crippen LogP contribution in [0.2, 0.25) is 0 Å². The largest absolute Gasteiger partial charge is 0.380 e. The Bertz CT molecular complexity index is 616. The van der Waals surface area contributed by atoms with Crippen molar-refractivity contribution in [2.24, 2.45) is 0 Å². The van der Waals surface area contributed by atoms with Crippen molar-refractivity contribution in [2.45, 2.75) is 6.92 Å². The Morgan fingerprint density at radius 2 is 1.71 bits per heavy atom. The molecule has 110 valence electrons. The van der Waals surface area contributed by atoms with Crippen molar-refractivity contribution in [3.8, 4) is 0 Å². The van der Waals surface area contributed by atoms with Gasteiger partial charge in [0.15, 0.2) is 0 Å². The van der Waals surface area contributed by atoms with E-state index in [-0.39, 0.29) is 11.6 Å². The Kier molecular flexibility index (Phi) is 3.75. The fraction of sp³-hybridized carbons (Fsp3) is 0.375. The van der Waals surface area contributed by atoms with Gasteiger partial charge in [-0.25, -0.2) is 0 Å². The molecule has 1 aromatic rings. The third-order valence-corrected chi connectivity index (χ3v) is 3.78. The van der Waals surface area contributed by atoms with E-state index in [0.29, 0.717) is 55.4 Å².